The molecule has 0 aliphatic rings. The molecule has 0 heterocycles. The van der Waals surface area contributed by atoms with Crippen LogP contribution in [-0.2, 0) is 0 Å². The monoisotopic (exact) mass is 224 g/mol. The average Bonchev–Trinajstić information content (AvgIpc) is 2.21. The molecule has 0 saturated heterocycles. The van der Waals surface area contributed by atoms with Gasteiger partial charge in [0.25, 0.3) is 0 Å². The molecule has 0 amide bonds. The molecule has 2 heteroatoms. The smallest absolute Gasteiger partial charge is 0.169 e. The Kier molecular flexibility index (Phi) is 3.56. The Balaban J connectivity index is 3.08. The third kappa shape index (κ3) is 2.60. The highest BCUT2D eigenvalue weighted by Gasteiger charge is 2.27. The maximum absolute atomic E-state index is 12.1. The molecular weight excluding hydrogens is 208 g/mol. The van der Waals surface area contributed by atoms with Gasteiger partial charge in [0, 0.05) is 16.9 Å². The topological polar surface area (TPSA) is 17.1 Å². The summed E-state index contributed by atoms with van der Waals surface area (Å²) in [4.78, 5) is 12.1. The first-order valence-electron chi connectivity index (χ1n) is 5.06. The molecule has 0 aliphatic heterocycles. The highest BCUT2D eigenvalue weighted by atomic mass is 35.5. The van der Waals surface area contributed by atoms with E-state index in [0.29, 0.717) is 5.88 Å². The number of hydrogen-bond donors (Lipinski definition) is 0. The summed E-state index contributed by atoms with van der Waals surface area (Å²) in [5, 5.41) is 0. The lowest BCUT2D eigenvalue weighted by Gasteiger charge is -2.20. The van der Waals surface area contributed by atoms with Crippen molar-refractivity contribution < 1.29 is 4.79 Å². The van der Waals surface area contributed by atoms with Gasteiger partial charge in [0.15, 0.2) is 5.78 Å². The second-order valence-electron chi connectivity index (χ2n) is 4.65. The van der Waals surface area contributed by atoms with E-state index < -0.39 is 5.41 Å². The van der Waals surface area contributed by atoms with E-state index in [2.05, 4.69) is 0 Å². The van der Waals surface area contributed by atoms with Gasteiger partial charge in [0.05, 0.1) is 0 Å². The summed E-state index contributed by atoms with van der Waals surface area (Å²) >= 11 is 5.79. The molecule has 1 rings (SSSR count). The number of benzene rings is 1. The number of halogens is 1. The second-order valence-corrected chi connectivity index (χ2v) is 4.91. The van der Waals surface area contributed by atoms with Crippen molar-refractivity contribution in [1.29, 1.82) is 0 Å². The molecule has 0 fully saturated rings. The summed E-state index contributed by atoms with van der Waals surface area (Å²) < 4.78 is 0. The normalized spacial score (nSPS) is 11.5. The van der Waals surface area contributed by atoms with Gasteiger partial charge < -0.3 is 0 Å². The van der Waals surface area contributed by atoms with Crippen molar-refractivity contribution in [1.82, 2.24) is 0 Å². The van der Waals surface area contributed by atoms with Crippen molar-refractivity contribution in [3.63, 3.8) is 0 Å². The summed E-state index contributed by atoms with van der Waals surface area (Å²) in [5.74, 6) is 0.458. The SMILES string of the molecule is Cc1ccc(C(=O)C(C)(C)CCl)cc1C. The van der Waals surface area contributed by atoms with Crippen LogP contribution in [0.25, 0.3) is 0 Å². The van der Waals surface area contributed by atoms with Crippen LogP contribution in [0.2, 0.25) is 0 Å². The van der Waals surface area contributed by atoms with E-state index in [0.717, 1.165) is 11.1 Å². The maximum Gasteiger partial charge on any atom is 0.169 e. The molecule has 0 unspecified atom stereocenters. The van der Waals surface area contributed by atoms with Gasteiger partial charge in [-0.2, -0.15) is 0 Å². The van der Waals surface area contributed by atoms with Crippen LogP contribution < -0.4 is 0 Å². The van der Waals surface area contributed by atoms with Gasteiger partial charge >= 0.3 is 0 Å². The minimum Gasteiger partial charge on any atom is -0.294 e. The second kappa shape index (κ2) is 4.36. The van der Waals surface area contributed by atoms with Crippen molar-refractivity contribution in [2.75, 3.05) is 5.88 Å². The maximum atomic E-state index is 12.1. The van der Waals surface area contributed by atoms with Crippen LogP contribution in [0.3, 0.4) is 0 Å². The van der Waals surface area contributed by atoms with E-state index in [9.17, 15) is 4.79 Å². The molecule has 0 N–H and O–H groups in total. The van der Waals surface area contributed by atoms with Crippen molar-refractivity contribution in [3.8, 4) is 0 Å². The summed E-state index contributed by atoms with van der Waals surface area (Å²) in [5.41, 5.74) is 2.62. The van der Waals surface area contributed by atoms with Crippen molar-refractivity contribution in [2.45, 2.75) is 27.7 Å². The summed E-state index contributed by atoms with van der Waals surface area (Å²) in [6.07, 6.45) is 0. The standard InChI is InChI=1S/C13H17ClO/c1-9-5-6-11(7-10(9)2)12(15)13(3,4)8-14/h5-7H,8H2,1-4H3. The third-order valence-electron chi connectivity index (χ3n) is 2.72. The molecule has 0 aromatic heterocycles. The van der Waals surface area contributed by atoms with Crippen molar-refractivity contribution >= 4 is 17.4 Å². The lowest BCUT2D eigenvalue weighted by Crippen LogP contribution is -2.26. The van der Waals surface area contributed by atoms with E-state index in [1.54, 1.807) is 0 Å². The predicted molar refractivity (Wildman–Crippen MR) is 64.7 cm³/mol. The Morgan fingerprint density at radius 3 is 2.33 bits per heavy atom. The Bertz CT molecular complexity index is 380. The van der Waals surface area contributed by atoms with Crippen LogP contribution in [0.4, 0.5) is 0 Å². The fraction of sp³-hybridized carbons (Fsp3) is 0.462. The summed E-state index contributed by atoms with van der Waals surface area (Å²) in [6, 6.07) is 5.79. The molecule has 15 heavy (non-hydrogen) atoms. The van der Waals surface area contributed by atoms with Gasteiger partial charge in [-0.3, -0.25) is 4.79 Å². The molecule has 0 radical (unpaired) electrons. The zero-order valence-electron chi connectivity index (χ0n) is 9.73. The minimum absolute atomic E-state index is 0.112. The van der Waals surface area contributed by atoms with Gasteiger partial charge in [-0.1, -0.05) is 26.0 Å². The van der Waals surface area contributed by atoms with E-state index >= 15 is 0 Å². The van der Waals surface area contributed by atoms with Gasteiger partial charge in [-0.25, -0.2) is 0 Å². The molecular formula is C13H17ClO. The van der Waals surface area contributed by atoms with Crippen molar-refractivity contribution in [3.05, 3.63) is 34.9 Å². The number of carbonyl (C=O) groups is 1. The molecule has 0 spiro atoms. The highest BCUT2D eigenvalue weighted by Crippen LogP contribution is 2.24. The van der Waals surface area contributed by atoms with E-state index in [-0.39, 0.29) is 5.78 Å². The van der Waals surface area contributed by atoms with Crippen LogP contribution in [0.15, 0.2) is 18.2 Å². The molecule has 82 valence electrons. The molecule has 0 bridgehead atoms. The number of carbonyl (C=O) groups excluding carboxylic acids is 1. The first-order valence-corrected chi connectivity index (χ1v) is 5.60. The van der Waals surface area contributed by atoms with Crippen LogP contribution in [0.5, 0.6) is 0 Å². The fourth-order valence-electron chi connectivity index (χ4n) is 1.33. The van der Waals surface area contributed by atoms with Gasteiger partial charge in [-0.05, 0) is 31.0 Å². The molecule has 1 aromatic rings. The molecule has 0 atom stereocenters. The fourth-order valence-corrected chi connectivity index (χ4v) is 1.46. The zero-order chi connectivity index (χ0) is 11.6. The lowest BCUT2D eigenvalue weighted by atomic mass is 9.85. The minimum atomic E-state index is -0.483. The Morgan fingerprint density at radius 2 is 1.87 bits per heavy atom. The first kappa shape index (κ1) is 12.3. The first-order chi connectivity index (χ1) is 6.88. The number of alkyl halides is 1. The van der Waals surface area contributed by atoms with E-state index in [1.165, 1.54) is 5.56 Å². The number of hydrogen-bond acceptors (Lipinski definition) is 1. The van der Waals surface area contributed by atoms with E-state index in [4.69, 9.17) is 11.6 Å². The van der Waals surface area contributed by atoms with Crippen molar-refractivity contribution in [2.24, 2.45) is 5.41 Å². The average molecular weight is 225 g/mol. The Morgan fingerprint density at radius 1 is 1.27 bits per heavy atom. The Labute approximate surface area is 96.5 Å². The van der Waals surface area contributed by atoms with Crippen LogP contribution in [-0.4, -0.2) is 11.7 Å². The van der Waals surface area contributed by atoms with Crippen LogP contribution in [0.1, 0.15) is 35.3 Å². The van der Waals surface area contributed by atoms with Gasteiger partial charge in [0.1, 0.15) is 0 Å². The zero-order valence-corrected chi connectivity index (χ0v) is 10.5. The summed E-state index contributed by atoms with van der Waals surface area (Å²) in [7, 11) is 0. The third-order valence-corrected chi connectivity index (χ3v) is 3.39. The van der Waals surface area contributed by atoms with Crippen LogP contribution >= 0.6 is 11.6 Å². The number of Topliss-reactive ketones (excluding diaryl/α,β-unsaturated/α-hetero) is 1. The lowest BCUT2D eigenvalue weighted by molar-refractivity contribution is 0.0862. The molecule has 0 saturated carbocycles. The van der Waals surface area contributed by atoms with Crippen LogP contribution in [0, 0.1) is 19.3 Å². The number of ketones is 1. The molecule has 1 nitrogen and oxygen atoms in total. The summed E-state index contributed by atoms with van der Waals surface area (Å²) in [6.45, 7) is 7.80. The number of aryl methyl sites for hydroxylation is 2. The predicted octanol–water partition coefficient (Wildman–Crippen LogP) is 3.75. The molecule has 0 aliphatic carbocycles. The molecule has 1 aromatic carbocycles. The van der Waals surface area contributed by atoms with Gasteiger partial charge in [0.2, 0.25) is 0 Å². The Hall–Kier alpha value is -0.820. The highest BCUT2D eigenvalue weighted by molar-refractivity contribution is 6.21. The number of rotatable bonds is 3. The van der Waals surface area contributed by atoms with E-state index in [1.807, 2.05) is 45.9 Å². The quantitative estimate of drug-likeness (QED) is 0.565. The van der Waals surface area contributed by atoms with Gasteiger partial charge in [-0.15, -0.1) is 11.6 Å². The largest absolute Gasteiger partial charge is 0.294 e.